The standard InChI is InChI=1S/C21H26ClN3O3S/c1-15-6-4-5-13-25(15)29(27,28)18-10-7-16(8-11-18)21(26)23-19-14-17(22)9-12-20(19)24(2)3/h7-12,14-15H,4-6,13H2,1-3H3,(H,23,26). The summed E-state index contributed by atoms with van der Waals surface area (Å²) in [5.41, 5.74) is 1.78. The molecule has 156 valence electrons. The molecule has 1 N–H and O–H groups in total. The molecule has 0 spiro atoms. The largest absolute Gasteiger partial charge is 0.376 e. The summed E-state index contributed by atoms with van der Waals surface area (Å²) in [5.74, 6) is -0.328. The van der Waals surface area contributed by atoms with E-state index in [1.165, 1.54) is 24.3 Å². The second-order valence-electron chi connectivity index (χ2n) is 7.49. The number of hydrogen-bond donors (Lipinski definition) is 1. The van der Waals surface area contributed by atoms with Gasteiger partial charge in [-0.25, -0.2) is 8.42 Å². The molecule has 0 aromatic heterocycles. The van der Waals surface area contributed by atoms with Crippen molar-refractivity contribution in [3.8, 4) is 0 Å². The Labute approximate surface area is 177 Å². The Bertz CT molecular complexity index is 991. The van der Waals surface area contributed by atoms with Crippen molar-refractivity contribution in [2.24, 2.45) is 0 Å². The molecule has 6 nitrogen and oxygen atoms in total. The zero-order valence-electron chi connectivity index (χ0n) is 16.9. The van der Waals surface area contributed by atoms with Gasteiger partial charge in [-0.3, -0.25) is 4.79 Å². The van der Waals surface area contributed by atoms with Gasteiger partial charge >= 0.3 is 0 Å². The number of piperidine rings is 1. The molecular formula is C21H26ClN3O3S. The van der Waals surface area contributed by atoms with Gasteiger partial charge in [-0.2, -0.15) is 4.31 Å². The summed E-state index contributed by atoms with van der Waals surface area (Å²) < 4.78 is 27.4. The van der Waals surface area contributed by atoms with Gasteiger partial charge in [-0.05, 0) is 62.2 Å². The fourth-order valence-electron chi connectivity index (χ4n) is 3.54. The number of hydrogen-bond acceptors (Lipinski definition) is 4. The van der Waals surface area contributed by atoms with Gasteiger partial charge < -0.3 is 10.2 Å². The molecule has 1 aliphatic rings. The Hall–Kier alpha value is -2.09. The van der Waals surface area contributed by atoms with Crippen LogP contribution in [0.3, 0.4) is 0 Å². The highest BCUT2D eigenvalue weighted by Gasteiger charge is 2.30. The van der Waals surface area contributed by atoms with Gasteiger partial charge in [0, 0.05) is 37.3 Å². The van der Waals surface area contributed by atoms with Crippen LogP contribution in [0, 0.1) is 0 Å². The minimum absolute atomic E-state index is 0.0102. The van der Waals surface area contributed by atoms with Crippen molar-refractivity contribution in [2.75, 3.05) is 30.9 Å². The van der Waals surface area contributed by atoms with Gasteiger partial charge in [0.25, 0.3) is 5.91 Å². The van der Waals surface area contributed by atoms with Crippen molar-refractivity contribution in [2.45, 2.75) is 37.1 Å². The minimum atomic E-state index is -3.56. The lowest BCUT2D eigenvalue weighted by molar-refractivity contribution is 0.102. The molecule has 1 heterocycles. The Balaban J connectivity index is 1.80. The summed E-state index contributed by atoms with van der Waals surface area (Å²) in [7, 11) is 0.192. The number of sulfonamides is 1. The van der Waals surface area contributed by atoms with Gasteiger partial charge in [-0.15, -0.1) is 0 Å². The number of nitrogens with one attached hydrogen (secondary N) is 1. The third-order valence-electron chi connectivity index (χ3n) is 5.15. The summed E-state index contributed by atoms with van der Waals surface area (Å²) in [6, 6.07) is 11.3. The second-order valence-corrected chi connectivity index (χ2v) is 9.82. The molecule has 1 fully saturated rings. The van der Waals surface area contributed by atoms with Crippen molar-refractivity contribution < 1.29 is 13.2 Å². The number of amides is 1. The van der Waals surface area contributed by atoms with E-state index >= 15 is 0 Å². The van der Waals surface area contributed by atoms with Gasteiger partial charge in [0.15, 0.2) is 0 Å². The van der Waals surface area contributed by atoms with Crippen LogP contribution in [0.2, 0.25) is 5.02 Å². The van der Waals surface area contributed by atoms with E-state index in [1.807, 2.05) is 32.0 Å². The van der Waals surface area contributed by atoms with Crippen LogP contribution in [-0.4, -0.2) is 45.3 Å². The van der Waals surface area contributed by atoms with E-state index < -0.39 is 10.0 Å². The lowest BCUT2D eigenvalue weighted by Gasteiger charge is -2.32. The van der Waals surface area contributed by atoms with Crippen molar-refractivity contribution in [3.05, 3.63) is 53.1 Å². The number of carbonyl (C=O) groups excluding carboxylic acids is 1. The predicted octanol–water partition coefficient (Wildman–Crippen LogP) is 4.22. The summed E-state index contributed by atoms with van der Waals surface area (Å²) in [4.78, 5) is 14.8. The molecule has 0 radical (unpaired) electrons. The maximum absolute atomic E-state index is 12.9. The van der Waals surface area contributed by atoms with Crippen LogP contribution >= 0.6 is 11.6 Å². The summed E-state index contributed by atoms with van der Waals surface area (Å²) >= 11 is 6.07. The van der Waals surface area contributed by atoms with Crippen LogP contribution in [0.15, 0.2) is 47.4 Å². The Morgan fingerprint density at radius 1 is 1.14 bits per heavy atom. The molecule has 0 saturated carbocycles. The Morgan fingerprint density at radius 3 is 2.45 bits per heavy atom. The highest BCUT2D eigenvalue weighted by atomic mass is 35.5. The molecule has 1 atom stereocenters. The van der Waals surface area contributed by atoms with Gasteiger partial charge in [0.2, 0.25) is 10.0 Å². The van der Waals surface area contributed by atoms with E-state index in [0.29, 0.717) is 22.8 Å². The van der Waals surface area contributed by atoms with E-state index in [1.54, 1.807) is 16.4 Å². The SMILES string of the molecule is CC1CCCCN1S(=O)(=O)c1ccc(C(=O)Nc2cc(Cl)ccc2N(C)C)cc1. The van der Waals surface area contributed by atoms with Crippen LogP contribution in [-0.2, 0) is 10.0 Å². The molecule has 3 rings (SSSR count). The third kappa shape index (κ3) is 4.74. The minimum Gasteiger partial charge on any atom is -0.376 e. The number of halogens is 1. The van der Waals surface area contributed by atoms with Crippen molar-refractivity contribution >= 4 is 38.9 Å². The number of anilines is 2. The molecule has 1 saturated heterocycles. The highest BCUT2D eigenvalue weighted by Crippen LogP contribution is 2.29. The van der Waals surface area contributed by atoms with E-state index in [2.05, 4.69) is 5.32 Å². The van der Waals surface area contributed by atoms with Crippen molar-refractivity contribution in [1.29, 1.82) is 0 Å². The maximum Gasteiger partial charge on any atom is 0.255 e. The zero-order valence-corrected chi connectivity index (χ0v) is 18.4. The lowest BCUT2D eigenvalue weighted by Crippen LogP contribution is -2.41. The quantitative estimate of drug-likeness (QED) is 0.763. The molecule has 29 heavy (non-hydrogen) atoms. The van der Waals surface area contributed by atoms with Crippen molar-refractivity contribution in [3.63, 3.8) is 0 Å². The molecule has 1 amide bonds. The first kappa shape index (κ1) is 21.6. The monoisotopic (exact) mass is 435 g/mol. The molecule has 1 aliphatic heterocycles. The van der Waals surface area contributed by atoms with Crippen LogP contribution in [0.25, 0.3) is 0 Å². The summed E-state index contributed by atoms with van der Waals surface area (Å²) in [6.45, 7) is 2.47. The average Bonchev–Trinajstić information content (AvgIpc) is 2.68. The first-order valence-corrected chi connectivity index (χ1v) is 11.4. The fourth-order valence-corrected chi connectivity index (χ4v) is 5.41. The van der Waals surface area contributed by atoms with Crippen molar-refractivity contribution in [1.82, 2.24) is 4.31 Å². The smallest absolute Gasteiger partial charge is 0.255 e. The molecule has 2 aromatic carbocycles. The zero-order chi connectivity index (χ0) is 21.2. The molecule has 2 aromatic rings. The Kier molecular flexibility index (Phi) is 6.51. The number of nitrogens with zero attached hydrogens (tertiary/aromatic N) is 2. The first-order chi connectivity index (χ1) is 13.7. The van der Waals surface area contributed by atoms with E-state index in [0.717, 1.165) is 24.9 Å². The normalized spacial score (nSPS) is 17.7. The van der Waals surface area contributed by atoms with Gasteiger partial charge in [-0.1, -0.05) is 18.0 Å². The lowest BCUT2D eigenvalue weighted by atomic mass is 10.1. The topological polar surface area (TPSA) is 69.7 Å². The van der Waals surface area contributed by atoms with Crippen LogP contribution in [0.4, 0.5) is 11.4 Å². The Morgan fingerprint density at radius 2 is 1.83 bits per heavy atom. The van der Waals surface area contributed by atoms with Gasteiger partial charge in [0.1, 0.15) is 0 Å². The number of benzene rings is 2. The second kappa shape index (κ2) is 8.73. The summed E-state index contributed by atoms with van der Waals surface area (Å²) in [5, 5.41) is 3.37. The number of rotatable bonds is 5. The first-order valence-electron chi connectivity index (χ1n) is 9.60. The molecule has 1 unspecified atom stereocenters. The van der Waals surface area contributed by atoms with Gasteiger partial charge in [0.05, 0.1) is 16.3 Å². The predicted molar refractivity (Wildman–Crippen MR) is 117 cm³/mol. The number of carbonyl (C=O) groups is 1. The molecule has 0 aliphatic carbocycles. The van der Waals surface area contributed by atoms with E-state index in [-0.39, 0.29) is 16.8 Å². The van der Waals surface area contributed by atoms with E-state index in [9.17, 15) is 13.2 Å². The van der Waals surface area contributed by atoms with Crippen LogP contribution in [0.1, 0.15) is 36.5 Å². The average molecular weight is 436 g/mol. The molecule has 8 heteroatoms. The summed E-state index contributed by atoms with van der Waals surface area (Å²) in [6.07, 6.45) is 2.79. The van der Waals surface area contributed by atoms with Crippen LogP contribution in [0.5, 0.6) is 0 Å². The maximum atomic E-state index is 12.9. The van der Waals surface area contributed by atoms with E-state index in [4.69, 9.17) is 11.6 Å². The highest BCUT2D eigenvalue weighted by molar-refractivity contribution is 7.89. The third-order valence-corrected chi connectivity index (χ3v) is 7.42. The fraction of sp³-hybridized carbons (Fsp3) is 0.381. The van der Waals surface area contributed by atoms with Crippen LogP contribution < -0.4 is 10.2 Å². The molecular weight excluding hydrogens is 410 g/mol. The molecule has 0 bridgehead atoms.